The van der Waals surface area contributed by atoms with E-state index in [0.717, 1.165) is 17.9 Å². The summed E-state index contributed by atoms with van der Waals surface area (Å²) in [6.07, 6.45) is 11.6. The van der Waals surface area contributed by atoms with Gasteiger partial charge >= 0.3 is 0 Å². The van der Waals surface area contributed by atoms with Crippen LogP contribution in [0.5, 0.6) is 0 Å². The summed E-state index contributed by atoms with van der Waals surface area (Å²) >= 11 is 0. The van der Waals surface area contributed by atoms with E-state index in [1.165, 1.54) is 51.4 Å². The zero-order chi connectivity index (χ0) is 11.1. The maximum absolute atomic E-state index is 3.48. The molecule has 1 saturated carbocycles. The van der Waals surface area contributed by atoms with Crippen LogP contribution in [-0.2, 0) is 0 Å². The van der Waals surface area contributed by atoms with Gasteiger partial charge in [0, 0.05) is 6.04 Å². The van der Waals surface area contributed by atoms with Crippen molar-refractivity contribution in [2.75, 3.05) is 7.05 Å². The van der Waals surface area contributed by atoms with Gasteiger partial charge in [-0.25, -0.2) is 0 Å². The summed E-state index contributed by atoms with van der Waals surface area (Å²) in [5.41, 5.74) is 0. The molecule has 0 aliphatic heterocycles. The van der Waals surface area contributed by atoms with Gasteiger partial charge in [0.2, 0.25) is 0 Å². The average Bonchev–Trinajstić information content (AvgIpc) is 2.70. The Labute approximate surface area is 96.0 Å². The van der Waals surface area contributed by atoms with Crippen LogP contribution in [0.1, 0.15) is 65.2 Å². The molecule has 0 aromatic heterocycles. The van der Waals surface area contributed by atoms with Crippen LogP contribution in [0, 0.1) is 11.8 Å². The smallest absolute Gasteiger partial charge is 0.00642 e. The molecule has 1 atom stereocenters. The average molecular weight is 211 g/mol. The zero-order valence-corrected chi connectivity index (χ0v) is 10.9. The monoisotopic (exact) mass is 211 g/mol. The molecule has 0 heterocycles. The maximum atomic E-state index is 3.48. The van der Waals surface area contributed by atoms with Crippen molar-refractivity contribution in [3.63, 3.8) is 0 Å². The van der Waals surface area contributed by atoms with Crippen molar-refractivity contribution in [3.8, 4) is 0 Å². The van der Waals surface area contributed by atoms with Gasteiger partial charge in [-0.15, -0.1) is 0 Å². The fraction of sp³-hybridized carbons (Fsp3) is 1.00. The van der Waals surface area contributed by atoms with E-state index < -0.39 is 0 Å². The third-order valence-corrected chi connectivity index (χ3v) is 3.90. The van der Waals surface area contributed by atoms with E-state index in [2.05, 4.69) is 26.2 Å². The highest BCUT2D eigenvalue weighted by Gasteiger charge is 2.16. The topological polar surface area (TPSA) is 12.0 Å². The minimum absolute atomic E-state index is 0.771. The Morgan fingerprint density at radius 2 is 1.73 bits per heavy atom. The van der Waals surface area contributed by atoms with Crippen molar-refractivity contribution in [1.82, 2.24) is 5.32 Å². The van der Waals surface area contributed by atoms with Crippen molar-refractivity contribution >= 4 is 0 Å². The van der Waals surface area contributed by atoms with Crippen molar-refractivity contribution < 1.29 is 0 Å². The van der Waals surface area contributed by atoms with Crippen molar-refractivity contribution in [2.45, 2.75) is 71.3 Å². The predicted octanol–water partition coefficient (Wildman–Crippen LogP) is 3.98. The molecule has 15 heavy (non-hydrogen) atoms. The first-order chi connectivity index (χ1) is 7.22. The summed E-state index contributed by atoms with van der Waals surface area (Å²) in [5, 5.41) is 3.48. The molecule has 0 radical (unpaired) electrons. The van der Waals surface area contributed by atoms with Crippen molar-refractivity contribution in [2.24, 2.45) is 11.8 Å². The Morgan fingerprint density at radius 3 is 2.27 bits per heavy atom. The van der Waals surface area contributed by atoms with Crippen LogP contribution in [0.3, 0.4) is 0 Å². The molecule has 0 saturated heterocycles. The van der Waals surface area contributed by atoms with Gasteiger partial charge < -0.3 is 5.32 Å². The summed E-state index contributed by atoms with van der Waals surface area (Å²) in [4.78, 5) is 0. The Hall–Kier alpha value is -0.0400. The van der Waals surface area contributed by atoms with Gasteiger partial charge in [-0.2, -0.15) is 0 Å². The van der Waals surface area contributed by atoms with E-state index >= 15 is 0 Å². The third kappa shape index (κ3) is 5.55. The fourth-order valence-electron chi connectivity index (χ4n) is 2.70. The van der Waals surface area contributed by atoms with E-state index in [-0.39, 0.29) is 0 Å². The molecule has 0 amide bonds. The van der Waals surface area contributed by atoms with Gasteiger partial charge in [-0.3, -0.25) is 0 Å². The molecule has 1 rings (SSSR count). The van der Waals surface area contributed by atoms with Gasteiger partial charge in [0.1, 0.15) is 0 Å². The molecule has 1 nitrogen and oxygen atoms in total. The summed E-state index contributed by atoms with van der Waals surface area (Å²) < 4.78 is 0. The van der Waals surface area contributed by atoms with E-state index in [1.54, 1.807) is 0 Å². The molecule has 1 aliphatic rings. The lowest BCUT2D eigenvalue weighted by Crippen LogP contribution is -2.26. The molecule has 0 aromatic carbocycles. The Kier molecular flexibility index (Phi) is 6.31. The summed E-state index contributed by atoms with van der Waals surface area (Å²) in [6, 6.07) is 0.771. The Bertz CT molecular complexity index is 147. The highest BCUT2D eigenvalue weighted by Crippen LogP contribution is 2.29. The number of hydrogen-bond acceptors (Lipinski definition) is 1. The molecule has 1 aliphatic carbocycles. The first-order valence-electron chi connectivity index (χ1n) is 6.89. The van der Waals surface area contributed by atoms with Crippen LogP contribution in [0.2, 0.25) is 0 Å². The summed E-state index contributed by atoms with van der Waals surface area (Å²) in [7, 11) is 2.12. The van der Waals surface area contributed by atoms with Crippen LogP contribution in [-0.4, -0.2) is 13.1 Å². The van der Waals surface area contributed by atoms with Gasteiger partial charge in [0.05, 0.1) is 0 Å². The van der Waals surface area contributed by atoms with Crippen LogP contribution < -0.4 is 5.32 Å². The number of nitrogens with one attached hydrogen (secondary N) is 1. The Balaban J connectivity index is 2.09. The highest BCUT2D eigenvalue weighted by atomic mass is 14.9. The minimum atomic E-state index is 0.771. The van der Waals surface area contributed by atoms with Crippen LogP contribution in [0.25, 0.3) is 0 Å². The zero-order valence-electron chi connectivity index (χ0n) is 10.9. The van der Waals surface area contributed by atoms with Crippen molar-refractivity contribution in [3.05, 3.63) is 0 Å². The largest absolute Gasteiger partial charge is 0.317 e. The quantitative estimate of drug-likeness (QED) is 0.671. The molecule has 1 N–H and O–H groups in total. The minimum Gasteiger partial charge on any atom is -0.317 e. The van der Waals surface area contributed by atoms with Crippen LogP contribution in [0.15, 0.2) is 0 Å². The molecule has 90 valence electrons. The maximum Gasteiger partial charge on any atom is 0.00642 e. The SMILES string of the molecule is CNC(CCC(C)C)CCC1CCCC1. The summed E-state index contributed by atoms with van der Waals surface area (Å²) in [6.45, 7) is 4.65. The lowest BCUT2D eigenvalue weighted by atomic mass is 9.94. The molecule has 0 aromatic rings. The van der Waals surface area contributed by atoms with Gasteiger partial charge in [-0.1, -0.05) is 39.5 Å². The number of rotatable bonds is 7. The molecule has 0 spiro atoms. The lowest BCUT2D eigenvalue weighted by Gasteiger charge is -2.19. The molecular formula is C14H29N. The fourth-order valence-corrected chi connectivity index (χ4v) is 2.70. The number of hydrogen-bond donors (Lipinski definition) is 1. The van der Waals surface area contributed by atoms with Crippen molar-refractivity contribution in [1.29, 1.82) is 0 Å². The van der Waals surface area contributed by atoms with E-state index in [9.17, 15) is 0 Å². The lowest BCUT2D eigenvalue weighted by molar-refractivity contribution is 0.383. The first-order valence-corrected chi connectivity index (χ1v) is 6.89. The standard InChI is InChI=1S/C14H29N/c1-12(2)8-10-14(15-3)11-9-13-6-4-5-7-13/h12-15H,4-11H2,1-3H3. The van der Waals surface area contributed by atoms with Gasteiger partial charge in [0.25, 0.3) is 0 Å². The second kappa shape index (κ2) is 7.27. The third-order valence-electron chi connectivity index (χ3n) is 3.90. The van der Waals surface area contributed by atoms with Crippen LogP contribution >= 0.6 is 0 Å². The normalized spacial score (nSPS) is 20.0. The predicted molar refractivity (Wildman–Crippen MR) is 68.1 cm³/mol. The van der Waals surface area contributed by atoms with Gasteiger partial charge in [-0.05, 0) is 44.6 Å². The van der Waals surface area contributed by atoms with Gasteiger partial charge in [0.15, 0.2) is 0 Å². The highest BCUT2D eigenvalue weighted by molar-refractivity contribution is 4.72. The van der Waals surface area contributed by atoms with E-state index in [0.29, 0.717) is 0 Å². The molecule has 1 heteroatoms. The Morgan fingerprint density at radius 1 is 1.07 bits per heavy atom. The molecule has 1 unspecified atom stereocenters. The van der Waals surface area contributed by atoms with E-state index in [4.69, 9.17) is 0 Å². The summed E-state index contributed by atoms with van der Waals surface area (Å²) in [5.74, 6) is 1.91. The van der Waals surface area contributed by atoms with Crippen LogP contribution in [0.4, 0.5) is 0 Å². The molecule has 0 bridgehead atoms. The molecule has 1 fully saturated rings. The first kappa shape index (κ1) is 13.0. The second-order valence-electron chi connectivity index (χ2n) is 5.68. The molecular weight excluding hydrogens is 182 g/mol. The van der Waals surface area contributed by atoms with E-state index in [1.807, 2.05) is 0 Å². The second-order valence-corrected chi connectivity index (χ2v) is 5.68.